The molecular weight excluding hydrogens is 220 g/mol. The van der Waals surface area contributed by atoms with Crippen LogP contribution in [0.5, 0.6) is 0 Å². The number of thioether (sulfide) groups is 1. The molecule has 2 heterocycles. The molecule has 5 heteroatoms. The standard InChI is InChI=1S/C11H14N4S/c1-15-8-9(7-14-15)16-11(6-12)10-4-2-3-5-13-10/h2-5,7-8,11H,6,12H2,1H3. The van der Waals surface area contributed by atoms with E-state index in [2.05, 4.69) is 10.1 Å². The van der Waals surface area contributed by atoms with E-state index in [4.69, 9.17) is 5.73 Å². The SMILES string of the molecule is Cn1cc(SC(CN)c2ccccn2)cn1. The smallest absolute Gasteiger partial charge is 0.0640 e. The lowest BCUT2D eigenvalue weighted by atomic mass is 10.3. The molecule has 0 aliphatic heterocycles. The van der Waals surface area contributed by atoms with Gasteiger partial charge in [0, 0.05) is 30.9 Å². The fourth-order valence-corrected chi connectivity index (χ4v) is 2.43. The van der Waals surface area contributed by atoms with Crippen LogP contribution in [-0.4, -0.2) is 21.3 Å². The second-order valence-corrected chi connectivity index (χ2v) is 4.72. The Balaban J connectivity index is 2.12. The minimum Gasteiger partial charge on any atom is -0.329 e. The zero-order valence-corrected chi connectivity index (χ0v) is 9.89. The molecule has 2 N–H and O–H groups in total. The molecule has 0 fully saturated rings. The summed E-state index contributed by atoms with van der Waals surface area (Å²) in [6.45, 7) is 0.566. The Hall–Kier alpha value is -1.33. The van der Waals surface area contributed by atoms with Gasteiger partial charge in [-0.1, -0.05) is 6.07 Å². The molecule has 0 bridgehead atoms. The van der Waals surface area contributed by atoms with Crippen molar-refractivity contribution in [1.82, 2.24) is 14.8 Å². The van der Waals surface area contributed by atoms with Gasteiger partial charge in [0.2, 0.25) is 0 Å². The van der Waals surface area contributed by atoms with Crippen molar-refractivity contribution in [3.05, 3.63) is 42.5 Å². The normalized spacial score (nSPS) is 12.6. The van der Waals surface area contributed by atoms with Crippen LogP contribution in [0.25, 0.3) is 0 Å². The monoisotopic (exact) mass is 234 g/mol. The van der Waals surface area contributed by atoms with Gasteiger partial charge in [-0.2, -0.15) is 5.10 Å². The Morgan fingerprint density at radius 2 is 2.38 bits per heavy atom. The van der Waals surface area contributed by atoms with E-state index in [-0.39, 0.29) is 5.25 Å². The third kappa shape index (κ3) is 2.62. The predicted molar refractivity (Wildman–Crippen MR) is 65.1 cm³/mol. The lowest BCUT2D eigenvalue weighted by Gasteiger charge is -2.11. The summed E-state index contributed by atoms with van der Waals surface area (Å²) < 4.78 is 1.79. The average Bonchev–Trinajstić information content (AvgIpc) is 2.73. The van der Waals surface area contributed by atoms with E-state index < -0.39 is 0 Å². The van der Waals surface area contributed by atoms with Crippen LogP contribution < -0.4 is 5.73 Å². The van der Waals surface area contributed by atoms with Crippen LogP contribution >= 0.6 is 11.8 Å². The quantitative estimate of drug-likeness (QED) is 0.816. The summed E-state index contributed by atoms with van der Waals surface area (Å²) in [5.74, 6) is 0. The molecule has 16 heavy (non-hydrogen) atoms. The van der Waals surface area contributed by atoms with Crippen molar-refractivity contribution >= 4 is 11.8 Å². The number of rotatable bonds is 4. The molecule has 0 saturated carbocycles. The number of hydrogen-bond acceptors (Lipinski definition) is 4. The zero-order chi connectivity index (χ0) is 11.4. The van der Waals surface area contributed by atoms with E-state index in [9.17, 15) is 0 Å². The van der Waals surface area contributed by atoms with E-state index in [0.29, 0.717) is 6.54 Å². The van der Waals surface area contributed by atoms with Crippen molar-refractivity contribution in [1.29, 1.82) is 0 Å². The summed E-state index contributed by atoms with van der Waals surface area (Å²) in [6, 6.07) is 5.89. The first-order valence-corrected chi connectivity index (χ1v) is 5.94. The molecule has 1 unspecified atom stereocenters. The Morgan fingerprint density at radius 1 is 1.50 bits per heavy atom. The summed E-state index contributed by atoms with van der Waals surface area (Å²) in [4.78, 5) is 5.44. The number of hydrogen-bond donors (Lipinski definition) is 1. The predicted octanol–water partition coefficient (Wildman–Crippen LogP) is 1.61. The van der Waals surface area contributed by atoms with E-state index in [1.165, 1.54) is 0 Å². The molecule has 0 amide bonds. The van der Waals surface area contributed by atoms with Crippen molar-refractivity contribution in [2.45, 2.75) is 10.1 Å². The first kappa shape index (κ1) is 11.2. The summed E-state index contributed by atoms with van der Waals surface area (Å²) >= 11 is 1.69. The molecule has 2 rings (SSSR count). The highest BCUT2D eigenvalue weighted by atomic mass is 32.2. The first-order chi connectivity index (χ1) is 7.79. The summed E-state index contributed by atoms with van der Waals surface area (Å²) in [5, 5.41) is 4.32. The van der Waals surface area contributed by atoms with E-state index in [0.717, 1.165) is 10.6 Å². The average molecular weight is 234 g/mol. The van der Waals surface area contributed by atoms with Gasteiger partial charge in [0.1, 0.15) is 0 Å². The maximum absolute atomic E-state index is 5.77. The molecule has 2 aromatic heterocycles. The molecule has 0 radical (unpaired) electrons. The summed E-state index contributed by atoms with van der Waals surface area (Å²) in [7, 11) is 1.91. The van der Waals surface area contributed by atoms with Crippen LogP contribution in [0.4, 0.5) is 0 Å². The van der Waals surface area contributed by atoms with Crippen LogP contribution in [0.3, 0.4) is 0 Å². The lowest BCUT2D eigenvalue weighted by molar-refractivity contribution is 0.766. The largest absolute Gasteiger partial charge is 0.329 e. The zero-order valence-electron chi connectivity index (χ0n) is 9.08. The van der Waals surface area contributed by atoms with Gasteiger partial charge in [-0.25, -0.2) is 0 Å². The molecule has 4 nitrogen and oxygen atoms in total. The van der Waals surface area contributed by atoms with Gasteiger partial charge >= 0.3 is 0 Å². The Labute approximate surface area is 98.9 Å². The number of pyridine rings is 1. The van der Waals surface area contributed by atoms with Crippen molar-refractivity contribution in [2.75, 3.05) is 6.54 Å². The second kappa shape index (κ2) is 5.14. The van der Waals surface area contributed by atoms with Gasteiger partial charge in [0.25, 0.3) is 0 Å². The van der Waals surface area contributed by atoms with Gasteiger partial charge in [0.15, 0.2) is 0 Å². The fourth-order valence-electron chi connectivity index (χ4n) is 1.42. The topological polar surface area (TPSA) is 56.7 Å². The maximum atomic E-state index is 5.77. The first-order valence-electron chi connectivity index (χ1n) is 5.06. The van der Waals surface area contributed by atoms with Gasteiger partial charge in [-0.05, 0) is 12.1 Å². The Kier molecular flexibility index (Phi) is 3.58. The van der Waals surface area contributed by atoms with Crippen molar-refractivity contribution in [3.63, 3.8) is 0 Å². The second-order valence-electron chi connectivity index (χ2n) is 3.45. The maximum Gasteiger partial charge on any atom is 0.0640 e. The molecule has 1 atom stereocenters. The number of aryl methyl sites for hydroxylation is 1. The molecule has 84 valence electrons. The Morgan fingerprint density at radius 3 is 2.94 bits per heavy atom. The van der Waals surface area contributed by atoms with Gasteiger partial charge in [-0.15, -0.1) is 11.8 Å². The van der Waals surface area contributed by atoms with Crippen molar-refractivity contribution in [3.8, 4) is 0 Å². The lowest BCUT2D eigenvalue weighted by Crippen LogP contribution is -2.10. The minimum absolute atomic E-state index is 0.186. The third-order valence-corrected chi connectivity index (χ3v) is 3.39. The third-order valence-electron chi connectivity index (χ3n) is 2.19. The van der Waals surface area contributed by atoms with E-state index >= 15 is 0 Å². The van der Waals surface area contributed by atoms with Crippen molar-refractivity contribution in [2.24, 2.45) is 12.8 Å². The van der Waals surface area contributed by atoms with Crippen LogP contribution in [0, 0.1) is 0 Å². The van der Waals surface area contributed by atoms with Crippen LogP contribution in [0.2, 0.25) is 0 Å². The molecule has 0 aliphatic carbocycles. The van der Waals surface area contributed by atoms with E-state index in [1.807, 2.05) is 37.6 Å². The molecule has 0 spiro atoms. The van der Waals surface area contributed by atoms with Gasteiger partial charge in [0.05, 0.1) is 17.1 Å². The number of nitrogens with zero attached hydrogens (tertiary/aromatic N) is 3. The number of nitrogens with two attached hydrogens (primary N) is 1. The molecule has 0 saturated heterocycles. The highest BCUT2D eigenvalue weighted by Crippen LogP contribution is 2.32. The van der Waals surface area contributed by atoms with E-state index in [1.54, 1.807) is 22.6 Å². The van der Waals surface area contributed by atoms with Crippen LogP contribution in [0.1, 0.15) is 10.9 Å². The van der Waals surface area contributed by atoms with Crippen LogP contribution in [-0.2, 0) is 7.05 Å². The van der Waals surface area contributed by atoms with Gasteiger partial charge in [-0.3, -0.25) is 9.67 Å². The van der Waals surface area contributed by atoms with Gasteiger partial charge < -0.3 is 5.73 Å². The summed E-state index contributed by atoms with van der Waals surface area (Å²) in [5.41, 5.74) is 6.78. The molecule has 0 aliphatic rings. The summed E-state index contributed by atoms with van der Waals surface area (Å²) in [6.07, 6.45) is 5.62. The molecule has 0 aromatic carbocycles. The highest BCUT2D eigenvalue weighted by Gasteiger charge is 2.13. The highest BCUT2D eigenvalue weighted by molar-refractivity contribution is 7.99. The Bertz CT molecular complexity index is 440. The molecule has 2 aromatic rings. The van der Waals surface area contributed by atoms with Crippen molar-refractivity contribution < 1.29 is 0 Å². The minimum atomic E-state index is 0.186. The fraction of sp³-hybridized carbons (Fsp3) is 0.273. The molecular formula is C11H14N4S. The number of aromatic nitrogens is 3. The van der Waals surface area contributed by atoms with Crippen LogP contribution in [0.15, 0.2) is 41.7 Å².